The van der Waals surface area contributed by atoms with E-state index in [4.69, 9.17) is 15.1 Å². The molecular weight excluding hydrogens is 467 g/mol. The molecule has 2 heterocycles. The molecule has 0 aliphatic carbocycles. The van der Waals surface area contributed by atoms with Crippen molar-refractivity contribution < 1.29 is 27.8 Å². The van der Waals surface area contributed by atoms with Gasteiger partial charge >= 0.3 is 17.8 Å². The number of carbonyl (C=O) groups excluding carboxylic acids is 1. The highest BCUT2D eigenvalue weighted by Gasteiger charge is 2.40. The Hall–Kier alpha value is -4.37. The highest BCUT2D eigenvalue weighted by molar-refractivity contribution is 5.93. The molecule has 4 rings (SSSR count). The number of hydrogen-bond acceptors (Lipinski definition) is 7. The fourth-order valence-electron chi connectivity index (χ4n) is 3.95. The molecule has 0 radical (unpaired) electrons. The van der Waals surface area contributed by atoms with E-state index in [9.17, 15) is 22.8 Å². The molecule has 9 nitrogen and oxygen atoms in total. The lowest BCUT2D eigenvalue weighted by atomic mass is 9.93. The first-order chi connectivity index (χ1) is 16.7. The first kappa shape index (κ1) is 23.8. The Kier molecular flexibility index (Phi) is 6.19. The number of esters is 1. The molecule has 2 aromatic carbocycles. The first-order valence-electron chi connectivity index (χ1n) is 10.3. The molecule has 1 aliphatic heterocycles. The average molecular weight is 485 g/mol. The predicted octanol–water partition coefficient (Wildman–Crippen LogP) is 3.01. The Morgan fingerprint density at radius 3 is 2.60 bits per heavy atom. The first-order valence-corrected chi connectivity index (χ1v) is 10.3. The fraction of sp³-hybridized carbons (Fsp3) is 0.217. The van der Waals surface area contributed by atoms with Crippen LogP contribution in [0.15, 0.2) is 64.6 Å². The van der Waals surface area contributed by atoms with Crippen molar-refractivity contribution >= 4 is 17.6 Å². The van der Waals surface area contributed by atoms with E-state index in [1.807, 2.05) is 6.07 Å². The van der Waals surface area contributed by atoms with Gasteiger partial charge in [-0.3, -0.25) is 4.90 Å². The lowest BCUT2D eigenvalue weighted by molar-refractivity contribution is -0.140. The normalized spacial score (nSPS) is 15.5. The van der Waals surface area contributed by atoms with E-state index in [0.29, 0.717) is 11.1 Å². The van der Waals surface area contributed by atoms with Crippen LogP contribution in [-0.4, -0.2) is 39.1 Å². The zero-order chi connectivity index (χ0) is 25.3. The van der Waals surface area contributed by atoms with Crippen LogP contribution in [0.2, 0.25) is 0 Å². The molecular formula is C23H18F3N5O4. The number of aromatic nitrogens is 3. The van der Waals surface area contributed by atoms with Gasteiger partial charge in [0.05, 0.1) is 29.4 Å². The number of fused-ring (bicyclic) bond motifs is 1. The maximum atomic E-state index is 13.4. The summed E-state index contributed by atoms with van der Waals surface area (Å²) in [5.74, 6) is -0.915. The minimum absolute atomic E-state index is 0.0170. The smallest absolute Gasteiger partial charge is 0.416 e. The maximum Gasteiger partial charge on any atom is 0.416 e. The molecule has 12 heteroatoms. The van der Waals surface area contributed by atoms with Crippen LogP contribution in [0, 0.1) is 11.3 Å². The number of anilines is 2. The third kappa shape index (κ3) is 4.29. The monoisotopic (exact) mass is 485 g/mol. The van der Waals surface area contributed by atoms with Gasteiger partial charge in [-0.25, -0.2) is 19.3 Å². The number of carbonyl (C=O) groups is 1. The second-order valence-corrected chi connectivity index (χ2v) is 7.58. The third-order valence-corrected chi connectivity index (χ3v) is 5.47. The van der Waals surface area contributed by atoms with Crippen LogP contribution in [0.1, 0.15) is 29.7 Å². The van der Waals surface area contributed by atoms with Crippen molar-refractivity contribution in [2.45, 2.75) is 19.1 Å². The molecule has 1 aliphatic rings. The van der Waals surface area contributed by atoms with Gasteiger partial charge in [-0.1, -0.05) is 18.2 Å². The van der Waals surface area contributed by atoms with Gasteiger partial charge in [0.1, 0.15) is 12.6 Å². The van der Waals surface area contributed by atoms with Gasteiger partial charge in [0.25, 0.3) is 0 Å². The van der Waals surface area contributed by atoms with E-state index in [0.717, 1.165) is 16.7 Å². The summed E-state index contributed by atoms with van der Waals surface area (Å²) in [6.45, 7) is 0.718. The summed E-state index contributed by atoms with van der Waals surface area (Å²) < 4.78 is 46.4. The minimum Gasteiger partial charge on any atom is -0.460 e. The SMILES string of the molecule is CC1=C(C(=O)OCCO)C(c2ccc(C#N)cc2)n2c(n[nH]c2=O)N1c1cccc(C(F)(F)F)c1. The van der Waals surface area contributed by atoms with Crippen molar-refractivity contribution in [1.29, 1.82) is 5.26 Å². The number of aromatic amines is 1. The number of nitrogens with zero attached hydrogens (tertiary/aromatic N) is 4. The predicted molar refractivity (Wildman–Crippen MR) is 116 cm³/mol. The van der Waals surface area contributed by atoms with Crippen molar-refractivity contribution in [2.24, 2.45) is 0 Å². The Bertz CT molecular complexity index is 1400. The summed E-state index contributed by atoms with van der Waals surface area (Å²) in [6, 6.07) is 11.4. The van der Waals surface area contributed by atoms with Gasteiger partial charge in [0, 0.05) is 11.4 Å². The molecule has 0 spiro atoms. The lowest BCUT2D eigenvalue weighted by Crippen LogP contribution is -2.38. The Morgan fingerprint density at radius 2 is 1.97 bits per heavy atom. The minimum atomic E-state index is -4.62. The second kappa shape index (κ2) is 9.11. The summed E-state index contributed by atoms with van der Waals surface area (Å²) in [7, 11) is 0. The van der Waals surface area contributed by atoms with Crippen molar-refractivity contribution in [3.8, 4) is 6.07 Å². The molecule has 1 atom stereocenters. The zero-order valence-electron chi connectivity index (χ0n) is 18.2. The van der Waals surface area contributed by atoms with E-state index in [-0.39, 0.29) is 29.5 Å². The molecule has 0 amide bonds. The number of hydrogen-bond donors (Lipinski definition) is 2. The van der Waals surface area contributed by atoms with E-state index >= 15 is 0 Å². The number of H-pyrrole nitrogens is 1. The molecule has 180 valence electrons. The Labute approximate surface area is 196 Å². The number of ether oxygens (including phenoxy) is 1. The molecule has 0 saturated heterocycles. The van der Waals surface area contributed by atoms with Crippen LogP contribution >= 0.6 is 0 Å². The van der Waals surface area contributed by atoms with Crippen LogP contribution in [0.5, 0.6) is 0 Å². The summed E-state index contributed by atoms with van der Waals surface area (Å²) in [6.07, 6.45) is -4.62. The molecule has 0 fully saturated rings. The molecule has 1 unspecified atom stereocenters. The van der Waals surface area contributed by atoms with E-state index in [1.165, 1.54) is 36.1 Å². The fourth-order valence-corrected chi connectivity index (χ4v) is 3.95. The lowest BCUT2D eigenvalue weighted by Gasteiger charge is -2.35. The van der Waals surface area contributed by atoms with Crippen LogP contribution in [-0.2, 0) is 15.7 Å². The number of allylic oxidation sites excluding steroid dienone is 1. The highest BCUT2D eigenvalue weighted by atomic mass is 19.4. The van der Waals surface area contributed by atoms with Crippen molar-refractivity contribution in [3.05, 3.63) is 87.0 Å². The van der Waals surface area contributed by atoms with Gasteiger partial charge < -0.3 is 9.84 Å². The number of rotatable bonds is 5. The standard InChI is InChI=1S/C23H18F3N5O4/c1-13-18(20(33)35-10-9-32)19(15-7-5-14(12-27)6-8-15)31-21(28-29-22(31)34)30(13)17-4-2-3-16(11-17)23(24,25)26/h2-8,11,19,32H,9-10H2,1H3,(H,29,34). The van der Waals surface area contributed by atoms with Gasteiger partial charge in [-0.15, -0.1) is 5.10 Å². The average Bonchev–Trinajstić information content (AvgIpc) is 3.22. The van der Waals surface area contributed by atoms with Gasteiger partial charge in [-0.05, 0) is 42.8 Å². The number of aliphatic hydroxyl groups excluding tert-OH is 1. The molecule has 0 bridgehead atoms. The quantitative estimate of drug-likeness (QED) is 0.533. The summed E-state index contributed by atoms with van der Waals surface area (Å²) in [4.78, 5) is 27.2. The Balaban J connectivity index is 1.97. The summed E-state index contributed by atoms with van der Waals surface area (Å²) >= 11 is 0. The summed E-state index contributed by atoms with van der Waals surface area (Å²) in [5, 5.41) is 24.5. The Morgan fingerprint density at radius 1 is 1.26 bits per heavy atom. The number of benzene rings is 2. The molecule has 0 saturated carbocycles. The molecule has 35 heavy (non-hydrogen) atoms. The van der Waals surface area contributed by atoms with Crippen molar-refractivity contribution in [2.75, 3.05) is 18.1 Å². The van der Waals surface area contributed by atoms with E-state index in [1.54, 1.807) is 12.1 Å². The van der Waals surface area contributed by atoms with Crippen LogP contribution in [0.3, 0.4) is 0 Å². The van der Waals surface area contributed by atoms with Crippen molar-refractivity contribution in [1.82, 2.24) is 14.8 Å². The molecule has 3 aromatic rings. The van der Waals surface area contributed by atoms with Crippen LogP contribution in [0.25, 0.3) is 0 Å². The number of nitrogens with one attached hydrogen (secondary N) is 1. The third-order valence-electron chi connectivity index (χ3n) is 5.47. The number of halogens is 3. The van der Waals surface area contributed by atoms with Crippen molar-refractivity contribution in [3.63, 3.8) is 0 Å². The van der Waals surface area contributed by atoms with Gasteiger partial charge in [0.15, 0.2) is 0 Å². The van der Waals surface area contributed by atoms with Crippen LogP contribution < -0.4 is 10.6 Å². The van der Waals surface area contributed by atoms with Crippen LogP contribution in [0.4, 0.5) is 24.8 Å². The zero-order valence-corrected chi connectivity index (χ0v) is 18.2. The largest absolute Gasteiger partial charge is 0.460 e. The van der Waals surface area contributed by atoms with Gasteiger partial charge in [0.2, 0.25) is 5.95 Å². The maximum absolute atomic E-state index is 13.4. The number of aliphatic hydroxyl groups is 1. The highest BCUT2D eigenvalue weighted by Crippen LogP contribution is 2.42. The molecule has 2 N–H and O–H groups in total. The van der Waals surface area contributed by atoms with E-state index in [2.05, 4.69) is 10.2 Å². The second-order valence-electron chi connectivity index (χ2n) is 7.58. The number of alkyl halides is 3. The van der Waals surface area contributed by atoms with Gasteiger partial charge in [-0.2, -0.15) is 18.4 Å². The summed E-state index contributed by atoms with van der Waals surface area (Å²) in [5.41, 5.74) is -0.710. The topological polar surface area (TPSA) is 124 Å². The number of nitriles is 1. The molecule has 1 aromatic heterocycles. The van der Waals surface area contributed by atoms with E-state index < -0.39 is 36.0 Å².